The number of alkyl halides is 1. The van der Waals surface area contributed by atoms with Crippen molar-refractivity contribution < 1.29 is 14.3 Å². The second kappa shape index (κ2) is 6.18. The van der Waals surface area contributed by atoms with Crippen LogP contribution in [0, 0.1) is 0 Å². The number of fused-ring (bicyclic) bond motifs is 1. The van der Waals surface area contributed by atoms with Gasteiger partial charge in [-0.15, -0.1) is 0 Å². The van der Waals surface area contributed by atoms with Crippen molar-refractivity contribution in [2.75, 3.05) is 0 Å². The van der Waals surface area contributed by atoms with Crippen LogP contribution in [0.3, 0.4) is 0 Å². The molecule has 3 aromatic rings. The van der Waals surface area contributed by atoms with Crippen LogP contribution in [0.25, 0.3) is 10.9 Å². The summed E-state index contributed by atoms with van der Waals surface area (Å²) in [4.78, 5) is 11.4. The smallest absolute Gasteiger partial charge is 0.357 e. The number of aromatic carboxylic acids is 1. The zero-order chi connectivity index (χ0) is 16.6. The number of carboxylic acids is 1. The average Bonchev–Trinajstić information content (AvgIpc) is 2.88. The largest absolute Gasteiger partial charge is 0.476 e. The summed E-state index contributed by atoms with van der Waals surface area (Å²) in [5.74, 6) is -1.16. The normalized spacial score (nSPS) is 11.1. The monoisotopic (exact) mass is 352 g/mol. The van der Waals surface area contributed by atoms with Gasteiger partial charge >= 0.3 is 5.97 Å². The topological polar surface area (TPSA) is 55.1 Å². The maximum atomic E-state index is 12.8. The first-order valence-electron chi connectivity index (χ1n) is 6.72. The van der Waals surface area contributed by atoms with Crippen LogP contribution in [0.4, 0.5) is 4.39 Å². The third kappa shape index (κ3) is 3.02. The molecule has 0 bridgehead atoms. The summed E-state index contributed by atoms with van der Waals surface area (Å²) in [6.07, 6.45) is 0. The Balaban J connectivity index is 2.12. The maximum absolute atomic E-state index is 12.8. The molecule has 118 valence electrons. The minimum atomic E-state index is -1.16. The van der Waals surface area contributed by atoms with Crippen molar-refractivity contribution >= 4 is 40.1 Å². The number of nitrogens with zero attached hydrogens (tertiary/aromatic N) is 2. The average molecular weight is 353 g/mol. The number of halogens is 3. The maximum Gasteiger partial charge on any atom is 0.357 e. The van der Waals surface area contributed by atoms with Crippen molar-refractivity contribution in [2.45, 2.75) is 13.2 Å². The fourth-order valence-corrected chi connectivity index (χ4v) is 2.87. The second-order valence-corrected chi connectivity index (χ2v) is 5.88. The van der Waals surface area contributed by atoms with Crippen LogP contribution in [0.1, 0.15) is 21.6 Å². The molecule has 4 nitrogen and oxygen atoms in total. The third-order valence-electron chi connectivity index (χ3n) is 3.51. The SMILES string of the molecule is O=C(O)c1nn(Cc2ccc(Cl)cc2Cl)c2ccc(CF)cc12. The zero-order valence-electron chi connectivity index (χ0n) is 11.8. The highest BCUT2D eigenvalue weighted by molar-refractivity contribution is 6.35. The van der Waals surface area contributed by atoms with Crippen LogP contribution in [-0.4, -0.2) is 20.9 Å². The Morgan fingerprint density at radius 2 is 2.00 bits per heavy atom. The van der Waals surface area contributed by atoms with E-state index in [1.165, 1.54) is 10.7 Å². The van der Waals surface area contributed by atoms with E-state index in [4.69, 9.17) is 23.2 Å². The Morgan fingerprint density at radius 1 is 1.22 bits per heavy atom. The van der Waals surface area contributed by atoms with Gasteiger partial charge in [0.15, 0.2) is 5.69 Å². The summed E-state index contributed by atoms with van der Waals surface area (Å²) in [7, 11) is 0. The number of rotatable bonds is 4. The Hall–Kier alpha value is -2.11. The van der Waals surface area contributed by atoms with Gasteiger partial charge in [0.2, 0.25) is 0 Å². The Labute approximate surface area is 141 Å². The summed E-state index contributed by atoms with van der Waals surface area (Å²) in [6.45, 7) is -0.377. The van der Waals surface area contributed by atoms with E-state index in [2.05, 4.69) is 5.10 Å². The molecule has 0 amide bonds. The molecule has 23 heavy (non-hydrogen) atoms. The Kier molecular flexibility index (Phi) is 4.24. The fourth-order valence-electron chi connectivity index (χ4n) is 2.40. The van der Waals surface area contributed by atoms with Crippen LogP contribution in [-0.2, 0) is 13.2 Å². The molecule has 0 radical (unpaired) electrons. The van der Waals surface area contributed by atoms with Crippen LogP contribution < -0.4 is 0 Å². The highest BCUT2D eigenvalue weighted by atomic mass is 35.5. The number of hydrogen-bond acceptors (Lipinski definition) is 2. The van der Waals surface area contributed by atoms with Crippen LogP contribution in [0.2, 0.25) is 10.0 Å². The first-order valence-corrected chi connectivity index (χ1v) is 7.48. The van der Waals surface area contributed by atoms with Gasteiger partial charge in [0, 0.05) is 15.4 Å². The van der Waals surface area contributed by atoms with E-state index in [0.29, 0.717) is 26.5 Å². The molecule has 1 heterocycles. The molecule has 0 aliphatic rings. The number of aromatic nitrogens is 2. The summed E-state index contributed by atoms with van der Waals surface area (Å²) >= 11 is 12.0. The van der Waals surface area contributed by atoms with Gasteiger partial charge in [-0.05, 0) is 35.4 Å². The van der Waals surface area contributed by atoms with Gasteiger partial charge in [0.05, 0.1) is 12.1 Å². The highest BCUT2D eigenvalue weighted by Crippen LogP contribution is 2.25. The zero-order valence-corrected chi connectivity index (χ0v) is 13.3. The molecule has 0 saturated heterocycles. The van der Waals surface area contributed by atoms with Gasteiger partial charge in [-0.25, -0.2) is 9.18 Å². The van der Waals surface area contributed by atoms with Crippen molar-refractivity contribution in [3.8, 4) is 0 Å². The van der Waals surface area contributed by atoms with Crippen LogP contribution in [0.15, 0.2) is 36.4 Å². The van der Waals surface area contributed by atoms with Gasteiger partial charge in [-0.1, -0.05) is 35.3 Å². The minimum Gasteiger partial charge on any atom is -0.476 e. The lowest BCUT2D eigenvalue weighted by Crippen LogP contribution is -2.05. The van der Waals surface area contributed by atoms with E-state index >= 15 is 0 Å². The molecule has 0 aliphatic heterocycles. The van der Waals surface area contributed by atoms with Crippen molar-refractivity contribution in [1.82, 2.24) is 9.78 Å². The molecule has 1 aromatic heterocycles. The van der Waals surface area contributed by atoms with E-state index in [0.717, 1.165) is 5.56 Å². The molecular formula is C16H11Cl2FN2O2. The van der Waals surface area contributed by atoms with Gasteiger partial charge in [0.1, 0.15) is 6.67 Å². The standard InChI is InChI=1S/C16H11Cl2FN2O2/c17-11-3-2-10(13(18)6-11)8-21-14-4-1-9(7-19)5-12(14)15(20-21)16(22)23/h1-6H,7-8H2,(H,22,23). The van der Waals surface area contributed by atoms with Crippen molar-refractivity contribution in [1.29, 1.82) is 0 Å². The van der Waals surface area contributed by atoms with E-state index in [9.17, 15) is 14.3 Å². The number of benzene rings is 2. The van der Waals surface area contributed by atoms with Gasteiger partial charge in [0.25, 0.3) is 0 Å². The lowest BCUT2D eigenvalue weighted by Gasteiger charge is -2.06. The second-order valence-electron chi connectivity index (χ2n) is 5.03. The van der Waals surface area contributed by atoms with E-state index < -0.39 is 12.6 Å². The van der Waals surface area contributed by atoms with Crippen molar-refractivity contribution in [3.05, 3.63) is 63.3 Å². The summed E-state index contributed by atoms with van der Waals surface area (Å²) < 4.78 is 14.4. The number of hydrogen-bond donors (Lipinski definition) is 1. The van der Waals surface area contributed by atoms with Gasteiger partial charge in [-0.2, -0.15) is 5.10 Å². The summed E-state index contributed by atoms with van der Waals surface area (Å²) in [6, 6.07) is 9.85. The fraction of sp³-hybridized carbons (Fsp3) is 0.125. The molecule has 0 spiro atoms. The first kappa shape index (κ1) is 15.8. The molecule has 1 N–H and O–H groups in total. The van der Waals surface area contributed by atoms with E-state index in [1.54, 1.807) is 30.3 Å². The van der Waals surface area contributed by atoms with E-state index in [-0.39, 0.29) is 12.2 Å². The predicted octanol–water partition coefficient (Wildman–Crippen LogP) is 4.56. The molecule has 0 fully saturated rings. The first-order chi connectivity index (χ1) is 11.0. The number of carboxylic acid groups (broad SMARTS) is 1. The lowest BCUT2D eigenvalue weighted by atomic mass is 10.1. The molecule has 0 unspecified atom stereocenters. The van der Waals surface area contributed by atoms with Gasteiger partial charge < -0.3 is 5.11 Å². The van der Waals surface area contributed by atoms with Crippen LogP contribution >= 0.6 is 23.2 Å². The van der Waals surface area contributed by atoms with Gasteiger partial charge in [-0.3, -0.25) is 4.68 Å². The number of carbonyl (C=O) groups is 1. The van der Waals surface area contributed by atoms with Crippen LogP contribution in [0.5, 0.6) is 0 Å². The quantitative estimate of drug-likeness (QED) is 0.748. The third-order valence-corrected chi connectivity index (χ3v) is 4.09. The molecule has 3 rings (SSSR count). The molecule has 7 heteroatoms. The Morgan fingerprint density at radius 3 is 2.65 bits per heavy atom. The Bertz CT molecular complexity index is 908. The van der Waals surface area contributed by atoms with Crippen molar-refractivity contribution in [3.63, 3.8) is 0 Å². The molecule has 2 aromatic carbocycles. The molecular weight excluding hydrogens is 342 g/mol. The molecule has 0 aliphatic carbocycles. The minimum absolute atomic E-state index is 0.111. The molecule has 0 saturated carbocycles. The highest BCUT2D eigenvalue weighted by Gasteiger charge is 2.17. The predicted molar refractivity (Wildman–Crippen MR) is 87.1 cm³/mol. The van der Waals surface area contributed by atoms with E-state index in [1.807, 2.05) is 0 Å². The summed E-state index contributed by atoms with van der Waals surface area (Å²) in [5.41, 5.74) is 1.65. The molecule has 0 atom stereocenters. The summed E-state index contributed by atoms with van der Waals surface area (Å²) in [5, 5.41) is 14.8. The van der Waals surface area contributed by atoms with Crippen molar-refractivity contribution in [2.24, 2.45) is 0 Å². The lowest BCUT2D eigenvalue weighted by molar-refractivity contribution is 0.0691.